The van der Waals surface area contributed by atoms with Crippen LogP contribution >= 0.6 is 11.8 Å². The first kappa shape index (κ1) is 11.2. The van der Waals surface area contributed by atoms with Crippen molar-refractivity contribution >= 4 is 11.8 Å². The van der Waals surface area contributed by atoms with Crippen LogP contribution in [0.5, 0.6) is 11.6 Å². The van der Waals surface area contributed by atoms with Crippen molar-refractivity contribution in [3.8, 4) is 11.6 Å². The number of aromatic nitrogens is 1. The number of hydrogen-bond acceptors (Lipinski definition) is 4. The molecule has 4 heteroatoms. The van der Waals surface area contributed by atoms with Crippen LogP contribution in [-0.2, 0) is 0 Å². The molecule has 0 spiro atoms. The molecule has 0 fully saturated rings. The zero-order valence-electron chi connectivity index (χ0n) is 8.74. The van der Waals surface area contributed by atoms with Gasteiger partial charge in [-0.1, -0.05) is 6.92 Å². The highest BCUT2D eigenvalue weighted by atomic mass is 32.2. The minimum atomic E-state index is 0.536. The smallest absolute Gasteiger partial charge is 0.256 e. The summed E-state index contributed by atoms with van der Waals surface area (Å²) >= 11 is 1.77. The summed E-state index contributed by atoms with van der Waals surface area (Å²) in [6.07, 6.45) is 2.96. The van der Waals surface area contributed by atoms with Crippen molar-refractivity contribution in [3.63, 3.8) is 0 Å². The number of hydrogen-bond donors (Lipinski definition) is 0. The highest BCUT2D eigenvalue weighted by molar-refractivity contribution is 7.99. The first-order valence-electron chi connectivity index (χ1n) is 4.52. The van der Waals surface area contributed by atoms with Gasteiger partial charge >= 0.3 is 0 Å². The van der Waals surface area contributed by atoms with Crippen molar-refractivity contribution in [1.29, 1.82) is 0 Å². The van der Waals surface area contributed by atoms with Crippen LogP contribution in [0.15, 0.2) is 17.2 Å². The largest absolute Gasteiger partial charge is 0.491 e. The first-order chi connectivity index (χ1) is 6.81. The van der Waals surface area contributed by atoms with Gasteiger partial charge in [0.1, 0.15) is 0 Å². The molecule has 0 bridgehead atoms. The van der Waals surface area contributed by atoms with E-state index in [2.05, 4.69) is 11.9 Å². The van der Waals surface area contributed by atoms with Crippen LogP contribution in [0.1, 0.15) is 13.3 Å². The van der Waals surface area contributed by atoms with E-state index in [0.29, 0.717) is 11.6 Å². The molecule has 0 saturated carbocycles. The molecule has 0 unspecified atom stereocenters. The van der Waals surface area contributed by atoms with E-state index in [9.17, 15) is 0 Å². The molecule has 0 aliphatic heterocycles. The minimum Gasteiger partial charge on any atom is -0.491 e. The fraction of sp³-hybridized carbons (Fsp3) is 0.500. The Balaban J connectivity index is 2.79. The van der Waals surface area contributed by atoms with E-state index >= 15 is 0 Å². The molecule has 1 heterocycles. The van der Waals surface area contributed by atoms with Crippen LogP contribution in [0, 0.1) is 0 Å². The molecule has 0 atom stereocenters. The number of nitrogens with zero attached hydrogens (tertiary/aromatic N) is 1. The van der Waals surface area contributed by atoms with E-state index in [1.807, 2.05) is 12.3 Å². The summed E-state index contributed by atoms with van der Waals surface area (Å²) in [5.74, 6) is 2.32. The standard InChI is InChI=1S/C10H15NO2S/c1-4-5-14-8-6-9(12-2)10(13-3)11-7-8/h6-7H,4-5H2,1-3H3. The molecular weight excluding hydrogens is 198 g/mol. The summed E-state index contributed by atoms with van der Waals surface area (Å²) in [5.41, 5.74) is 0. The molecule has 78 valence electrons. The van der Waals surface area contributed by atoms with Crippen LogP contribution in [-0.4, -0.2) is 25.0 Å². The van der Waals surface area contributed by atoms with Crippen LogP contribution in [0.25, 0.3) is 0 Å². The number of pyridine rings is 1. The Hall–Kier alpha value is -0.900. The molecule has 0 saturated heterocycles. The molecule has 14 heavy (non-hydrogen) atoms. The van der Waals surface area contributed by atoms with Crippen molar-refractivity contribution in [3.05, 3.63) is 12.3 Å². The second-order valence-electron chi connectivity index (χ2n) is 2.73. The first-order valence-corrected chi connectivity index (χ1v) is 5.51. The lowest BCUT2D eigenvalue weighted by Crippen LogP contribution is -1.93. The van der Waals surface area contributed by atoms with Gasteiger partial charge in [0.15, 0.2) is 5.75 Å². The SMILES string of the molecule is CCCSc1cnc(OC)c(OC)c1. The van der Waals surface area contributed by atoms with Crippen molar-refractivity contribution < 1.29 is 9.47 Å². The summed E-state index contributed by atoms with van der Waals surface area (Å²) < 4.78 is 10.2. The van der Waals surface area contributed by atoms with E-state index in [1.54, 1.807) is 26.0 Å². The topological polar surface area (TPSA) is 31.4 Å². The lowest BCUT2D eigenvalue weighted by Gasteiger charge is -2.07. The Morgan fingerprint density at radius 2 is 2.14 bits per heavy atom. The summed E-state index contributed by atoms with van der Waals surface area (Å²) in [5, 5.41) is 0. The Kier molecular flexibility index (Phi) is 4.59. The molecule has 0 amide bonds. The van der Waals surface area contributed by atoms with Crippen LogP contribution in [0.4, 0.5) is 0 Å². The average Bonchev–Trinajstić information content (AvgIpc) is 2.25. The van der Waals surface area contributed by atoms with Gasteiger partial charge in [0.05, 0.1) is 14.2 Å². The minimum absolute atomic E-state index is 0.536. The zero-order valence-corrected chi connectivity index (χ0v) is 9.56. The predicted molar refractivity (Wildman–Crippen MR) is 58.4 cm³/mol. The fourth-order valence-corrected chi connectivity index (χ4v) is 1.77. The fourth-order valence-electron chi connectivity index (χ4n) is 1.01. The van der Waals surface area contributed by atoms with Crippen LogP contribution in [0.3, 0.4) is 0 Å². The third kappa shape index (κ3) is 2.80. The van der Waals surface area contributed by atoms with Gasteiger partial charge in [-0.3, -0.25) is 0 Å². The maximum atomic E-state index is 5.16. The van der Waals surface area contributed by atoms with Crippen molar-refractivity contribution in [2.45, 2.75) is 18.2 Å². The maximum absolute atomic E-state index is 5.16. The molecule has 0 N–H and O–H groups in total. The Morgan fingerprint density at radius 1 is 1.36 bits per heavy atom. The van der Waals surface area contributed by atoms with Gasteiger partial charge in [-0.25, -0.2) is 4.98 Å². The highest BCUT2D eigenvalue weighted by Crippen LogP contribution is 2.29. The third-order valence-corrected chi connectivity index (χ3v) is 2.85. The van der Waals surface area contributed by atoms with Crippen LogP contribution in [0.2, 0.25) is 0 Å². The number of ether oxygens (including phenoxy) is 2. The van der Waals surface area contributed by atoms with Gasteiger partial charge in [0, 0.05) is 17.2 Å². The van der Waals surface area contributed by atoms with E-state index < -0.39 is 0 Å². The number of rotatable bonds is 5. The Labute approximate surface area is 88.8 Å². The monoisotopic (exact) mass is 213 g/mol. The van der Waals surface area contributed by atoms with Crippen molar-refractivity contribution in [2.75, 3.05) is 20.0 Å². The highest BCUT2D eigenvalue weighted by Gasteiger charge is 2.05. The van der Waals surface area contributed by atoms with E-state index in [-0.39, 0.29) is 0 Å². The van der Waals surface area contributed by atoms with Gasteiger partial charge in [0.2, 0.25) is 0 Å². The molecule has 1 aromatic heterocycles. The summed E-state index contributed by atoms with van der Waals surface area (Å²) in [7, 11) is 3.21. The summed E-state index contributed by atoms with van der Waals surface area (Å²) in [6, 6.07) is 1.95. The van der Waals surface area contributed by atoms with E-state index in [0.717, 1.165) is 17.1 Å². The van der Waals surface area contributed by atoms with Crippen molar-refractivity contribution in [2.24, 2.45) is 0 Å². The molecule has 0 aliphatic rings. The number of thioether (sulfide) groups is 1. The third-order valence-electron chi connectivity index (χ3n) is 1.68. The molecule has 1 rings (SSSR count). The second-order valence-corrected chi connectivity index (χ2v) is 3.90. The molecule has 0 aliphatic carbocycles. The van der Waals surface area contributed by atoms with Gasteiger partial charge in [-0.05, 0) is 12.2 Å². The van der Waals surface area contributed by atoms with Gasteiger partial charge in [0.25, 0.3) is 5.88 Å². The predicted octanol–water partition coefficient (Wildman–Crippen LogP) is 2.60. The maximum Gasteiger partial charge on any atom is 0.256 e. The van der Waals surface area contributed by atoms with Crippen LogP contribution < -0.4 is 9.47 Å². The Morgan fingerprint density at radius 3 is 2.71 bits per heavy atom. The Bertz CT molecular complexity index is 291. The lowest BCUT2D eigenvalue weighted by atomic mass is 10.4. The molecule has 0 aromatic carbocycles. The summed E-state index contributed by atoms with van der Waals surface area (Å²) in [4.78, 5) is 5.27. The quantitative estimate of drug-likeness (QED) is 0.704. The molecule has 3 nitrogen and oxygen atoms in total. The summed E-state index contributed by atoms with van der Waals surface area (Å²) in [6.45, 7) is 2.15. The van der Waals surface area contributed by atoms with Gasteiger partial charge < -0.3 is 9.47 Å². The zero-order chi connectivity index (χ0) is 10.4. The molecule has 1 aromatic rings. The van der Waals surface area contributed by atoms with Gasteiger partial charge in [-0.2, -0.15) is 0 Å². The van der Waals surface area contributed by atoms with Gasteiger partial charge in [-0.15, -0.1) is 11.8 Å². The normalized spacial score (nSPS) is 9.93. The van der Waals surface area contributed by atoms with E-state index in [1.165, 1.54) is 0 Å². The number of methoxy groups -OCH3 is 2. The molecular formula is C10H15NO2S. The lowest BCUT2D eigenvalue weighted by molar-refractivity contribution is 0.341. The van der Waals surface area contributed by atoms with Crippen molar-refractivity contribution in [1.82, 2.24) is 4.98 Å². The average molecular weight is 213 g/mol. The second kappa shape index (κ2) is 5.75. The van der Waals surface area contributed by atoms with E-state index in [4.69, 9.17) is 9.47 Å². The molecule has 0 radical (unpaired) electrons.